The van der Waals surface area contributed by atoms with Crippen LogP contribution in [0, 0.1) is 25.2 Å². The van der Waals surface area contributed by atoms with Crippen molar-refractivity contribution in [2.75, 3.05) is 39.9 Å². The Morgan fingerprint density at radius 1 is 1.02 bits per heavy atom. The summed E-state index contributed by atoms with van der Waals surface area (Å²) in [5.74, 6) is 0.623. The van der Waals surface area contributed by atoms with Gasteiger partial charge < -0.3 is 34.4 Å². The van der Waals surface area contributed by atoms with Crippen molar-refractivity contribution in [2.45, 2.75) is 65.0 Å². The van der Waals surface area contributed by atoms with E-state index in [9.17, 15) is 25.4 Å². The highest BCUT2D eigenvalue weighted by Gasteiger charge is 2.24. The van der Waals surface area contributed by atoms with Crippen molar-refractivity contribution in [1.29, 1.82) is 5.26 Å². The van der Waals surface area contributed by atoms with Crippen LogP contribution >= 0.6 is 11.6 Å². The first kappa shape index (κ1) is 39.5. The number of carboxylic acids is 1. The number of carbonyl (C=O) groups is 1. The van der Waals surface area contributed by atoms with Gasteiger partial charge in [0.1, 0.15) is 42.6 Å². The number of benzene rings is 3. The molecule has 0 aliphatic carbocycles. The molecule has 4 aromatic rings. The number of aromatic nitrogens is 1. The quantitative estimate of drug-likeness (QED) is 0.101. The van der Waals surface area contributed by atoms with Crippen LogP contribution in [0.5, 0.6) is 17.2 Å². The molecule has 1 aliphatic heterocycles. The summed E-state index contributed by atoms with van der Waals surface area (Å²) in [4.78, 5) is 19.9. The van der Waals surface area contributed by atoms with E-state index in [0.717, 1.165) is 66.0 Å². The minimum Gasteiger partial charge on any atom is -0.493 e. The molecule has 0 saturated carbocycles. The normalized spacial score (nSPS) is 14.9. The molecule has 1 aromatic heterocycles. The minimum atomic E-state index is -1.04. The topological polar surface area (TPSA) is 149 Å². The van der Waals surface area contributed by atoms with Gasteiger partial charge in [-0.05, 0) is 86.2 Å². The lowest BCUT2D eigenvalue weighted by atomic mass is 9.93. The molecule has 0 spiro atoms. The number of halogens is 1. The smallest absolute Gasteiger partial charge is 0.321 e. The lowest BCUT2D eigenvalue weighted by Crippen LogP contribution is -2.38. The van der Waals surface area contributed by atoms with Crippen LogP contribution in [-0.4, -0.2) is 88.1 Å². The van der Waals surface area contributed by atoms with Crippen molar-refractivity contribution in [3.63, 3.8) is 0 Å². The average molecular weight is 743 g/mol. The molecule has 0 radical (unpaired) electrons. The highest BCUT2D eigenvalue weighted by Crippen LogP contribution is 2.37. The summed E-state index contributed by atoms with van der Waals surface area (Å²) in [6.45, 7) is 7.52. The molecule has 1 aliphatic rings. The third kappa shape index (κ3) is 10.5. The molecular weight excluding hydrogens is 696 g/mol. The van der Waals surface area contributed by atoms with E-state index >= 15 is 0 Å². The van der Waals surface area contributed by atoms with E-state index in [4.69, 9.17) is 25.8 Å². The van der Waals surface area contributed by atoms with Crippen LogP contribution < -0.4 is 14.2 Å². The Hall–Kier alpha value is -4.70. The lowest BCUT2D eigenvalue weighted by Gasteiger charge is -2.25. The Morgan fingerprint density at radius 2 is 1.77 bits per heavy atom. The largest absolute Gasteiger partial charge is 0.493 e. The molecule has 2 heterocycles. The van der Waals surface area contributed by atoms with Gasteiger partial charge in [-0.1, -0.05) is 41.9 Å². The zero-order valence-corrected chi connectivity index (χ0v) is 31.2. The van der Waals surface area contributed by atoms with Crippen molar-refractivity contribution in [3.8, 4) is 34.4 Å². The Labute approximate surface area is 315 Å². The van der Waals surface area contributed by atoms with Crippen LogP contribution in [0.2, 0.25) is 5.02 Å². The number of pyridine rings is 1. The molecule has 3 N–H and O–H groups in total. The van der Waals surface area contributed by atoms with Crippen molar-refractivity contribution >= 4 is 17.6 Å². The first-order valence-corrected chi connectivity index (χ1v) is 18.1. The maximum absolute atomic E-state index is 11.9. The molecule has 5 rings (SSSR count). The van der Waals surface area contributed by atoms with Crippen LogP contribution in [0.15, 0.2) is 67.0 Å². The third-order valence-electron chi connectivity index (χ3n) is 9.60. The number of nitriles is 1. The van der Waals surface area contributed by atoms with Gasteiger partial charge in [0, 0.05) is 62.4 Å². The summed E-state index contributed by atoms with van der Waals surface area (Å²) >= 11 is 6.78. The van der Waals surface area contributed by atoms with Crippen LogP contribution in [0.25, 0.3) is 11.1 Å². The molecule has 53 heavy (non-hydrogen) atoms. The summed E-state index contributed by atoms with van der Waals surface area (Å²) in [5, 5.41) is 38.6. The standard InChI is InChI=1S/C41H47ClN4O7/c1-27-31(7-4-8-34(27)35-9-5-10-38(28(35)2)51-16-6-13-46-14-11-33(48)24-46)26-53-40-19-39(52-25-30-17-29(20-43)21-44-22-30)32(18-36(40)42)23-45(3)37(12-15-47)41(49)50/h4-5,7-10,17-19,21-22,33,37,47-48H,6,11-16,23-26H2,1-3H3,(H,49,50)/t33-,37+/m1/s1. The van der Waals surface area contributed by atoms with Crippen molar-refractivity contribution in [1.82, 2.24) is 14.8 Å². The van der Waals surface area contributed by atoms with Gasteiger partial charge in [-0.2, -0.15) is 5.26 Å². The minimum absolute atomic E-state index is 0.0597. The Morgan fingerprint density at radius 3 is 2.49 bits per heavy atom. The predicted molar refractivity (Wildman–Crippen MR) is 202 cm³/mol. The highest BCUT2D eigenvalue weighted by atomic mass is 35.5. The van der Waals surface area contributed by atoms with E-state index in [0.29, 0.717) is 39.8 Å². The molecular formula is C41H47ClN4O7. The van der Waals surface area contributed by atoms with Crippen molar-refractivity contribution in [3.05, 3.63) is 105 Å². The second kappa shape index (κ2) is 18.9. The summed E-state index contributed by atoms with van der Waals surface area (Å²) in [6, 6.07) is 18.5. The SMILES string of the molecule is Cc1c(COc2cc(OCc3cncc(C#N)c3)c(CN(C)[C@@H](CCO)C(=O)O)cc2Cl)cccc1-c1cccc(OCCCN2CC[C@@H](O)C2)c1C. The van der Waals surface area contributed by atoms with E-state index < -0.39 is 12.0 Å². The predicted octanol–water partition coefficient (Wildman–Crippen LogP) is 6.15. The fraction of sp³-hybridized carbons (Fsp3) is 0.390. The Balaban J connectivity index is 1.33. The van der Waals surface area contributed by atoms with Crippen LogP contribution in [-0.2, 0) is 24.6 Å². The molecule has 1 fully saturated rings. The highest BCUT2D eigenvalue weighted by molar-refractivity contribution is 6.32. The third-order valence-corrected chi connectivity index (χ3v) is 9.90. The van der Waals surface area contributed by atoms with Crippen LogP contribution in [0.4, 0.5) is 0 Å². The molecule has 12 heteroatoms. The van der Waals surface area contributed by atoms with Gasteiger partial charge in [-0.25, -0.2) is 0 Å². The van der Waals surface area contributed by atoms with Gasteiger partial charge in [-0.15, -0.1) is 0 Å². The number of rotatable bonds is 18. The fourth-order valence-electron chi connectivity index (χ4n) is 6.60. The van der Waals surface area contributed by atoms with Gasteiger partial charge in [0.2, 0.25) is 0 Å². The van der Waals surface area contributed by atoms with Gasteiger partial charge in [-0.3, -0.25) is 14.7 Å². The first-order valence-electron chi connectivity index (χ1n) is 17.8. The van der Waals surface area contributed by atoms with Crippen LogP contribution in [0.3, 0.4) is 0 Å². The number of aliphatic hydroxyl groups excluding tert-OH is 2. The van der Waals surface area contributed by atoms with Gasteiger partial charge in [0.15, 0.2) is 0 Å². The summed E-state index contributed by atoms with van der Waals surface area (Å²) < 4.78 is 18.8. The van der Waals surface area contributed by atoms with E-state index in [2.05, 4.69) is 41.9 Å². The first-order chi connectivity index (χ1) is 25.6. The number of likely N-dealkylation sites (tertiary alicyclic amines) is 1. The molecule has 1 saturated heterocycles. The molecule has 2 atom stereocenters. The second-order valence-corrected chi connectivity index (χ2v) is 13.8. The van der Waals surface area contributed by atoms with Crippen molar-refractivity contribution < 1.29 is 34.3 Å². The molecule has 0 unspecified atom stereocenters. The number of aliphatic carboxylic acids is 1. The number of β-amino-alcohol motifs (C(OH)–C–C–N with tert-alkyl or cyclic N) is 1. The van der Waals surface area contributed by atoms with E-state index in [1.54, 1.807) is 36.3 Å². The second-order valence-electron chi connectivity index (χ2n) is 13.4. The van der Waals surface area contributed by atoms with E-state index in [-0.39, 0.29) is 38.9 Å². The van der Waals surface area contributed by atoms with Crippen molar-refractivity contribution in [2.24, 2.45) is 0 Å². The van der Waals surface area contributed by atoms with Gasteiger partial charge in [0.25, 0.3) is 0 Å². The van der Waals surface area contributed by atoms with E-state index in [1.807, 2.05) is 24.3 Å². The fourth-order valence-corrected chi connectivity index (χ4v) is 6.84. The number of hydrogen-bond donors (Lipinski definition) is 3. The zero-order valence-electron chi connectivity index (χ0n) is 30.4. The number of likely N-dealkylation sites (N-methyl/N-ethyl adjacent to an activating group) is 1. The number of hydrogen-bond acceptors (Lipinski definition) is 10. The summed E-state index contributed by atoms with van der Waals surface area (Å²) in [7, 11) is 1.67. The van der Waals surface area contributed by atoms with Crippen LogP contribution in [0.1, 0.15) is 52.6 Å². The van der Waals surface area contributed by atoms with Gasteiger partial charge in [0.05, 0.1) is 23.3 Å². The molecule has 0 bridgehead atoms. The number of ether oxygens (including phenoxy) is 3. The zero-order chi connectivity index (χ0) is 37.9. The van der Waals surface area contributed by atoms with Gasteiger partial charge >= 0.3 is 5.97 Å². The Bertz CT molecular complexity index is 1920. The molecule has 11 nitrogen and oxygen atoms in total. The lowest BCUT2D eigenvalue weighted by molar-refractivity contribution is -0.143. The summed E-state index contributed by atoms with van der Waals surface area (Å²) in [6.07, 6.45) is 4.64. The number of carboxylic acid groups (broad SMARTS) is 1. The number of nitrogens with zero attached hydrogens (tertiary/aromatic N) is 4. The molecule has 280 valence electrons. The monoisotopic (exact) mass is 742 g/mol. The molecule has 3 aromatic carbocycles. The maximum atomic E-state index is 11.9. The maximum Gasteiger partial charge on any atom is 0.321 e. The number of aliphatic hydroxyl groups is 2. The van der Waals surface area contributed by atoms with E-state index in [1.165, 1.54) is 6.20 Å². The molecule has 0 amide bonds. The Kier molecular flexibility index (Phi) is 14.1. The average Bonchev–Trinajstić information content (AvgIpc) is 3.57. The summed E-state index contributed by atoms with van der Waals surface area (Å²) in [5.41, 5.74) is 6.93.